The fraction of sp³-hybridized carbons (Fsp3) is 0.278. The van der Waals surface area contributed by atoms with Crippen LogP contribution in [0.3, 0.4) is 0 Å². The van der Waals surface area contributed by atoms with E-state index in [4.69, 9.17) is 9.47 Å². The van der Waals surface area contributed by atoms with Crippen molar-refractivity contribution in [2.45, 2.75) is 27.2 Å². The van der Waals surface area contributed by atoms with Crippen molar-refractivity contribution in [1.29, 1.82) is 0 Å². The summed E-state index contributed by atoms with van der Waals surface area (Å²) < 4.78 is 9.79. The summed E-state index contributed by atoms with van der Waals surface area (Å²) in [6, 6.07) is 15.5. The molecule has 3 nitrogen and oxygen atoms in total. The second kappa shape index (κ2) is 8.31. The van der Waals surface area contributed by atoms with E-state index in [1.165, 1.54) is 0 Å². The van der Waals surface area contributed by atoms with Crippen LogP contribution < -0.4 is 9.47 Å². The first-order valence-electron chi connectivity index (χ1n) is 7.27. The molecule has 2 aromatic carbocycles. The molecule has 0 aliphatic heterocycles. The van der Waals surface area contributed by atoms with E-state index < -0.39 is 4.08 Å². The number of hydrogen-bond acceptors (Lipinski definition) is 5. The summed E-state index contributed by atoms with van der Waals surface area (Å²) in [6.45, 7) is 2.03. The van der Waals surface area contributed by atoms with Gasteiger partial charge in [0.05, 0.1) is 14.2 Å². The number of hydrogen-bond donors (Lipinski definition) is 0. The number of thioether (sulfide) groups is 2. The minimum Gasteiger partial charge on any atom is -0.497 e. The Balaban J connectivity index is 2.17. The van der Waals surface area contributed by atoms with E-state index in [1.54, 1.807) is 37.7 Å². The molecule has 0 aliphatic rings. The molecule has 0 saturated heterocycles. The van der Waals surface area contributed by atoms with E-state index in [1.807, 2.05) is 55.5 Å². The van der Waals surface area contributed by atoms with Gasteiger partial charge in [0.15, 0.2) is 0 Å². The van der Waals surface area contributed by atoms with Crippen LogP contribution in [0.5, 0.6) is 11.5 Å². The maximum atomic E-state index is 11.8. The van der Waals surface area contributed by atoms with Gasteiger partial charge < -0.3 is 14.3 Å². The maximum absolute atomic E-state index is 11.8. The first-order chi connectivity index (χ1) is 11.1. The molecule has 0 aromatic heterocycles. The average Bonchev–Trinajstić information content (AvgIpc) is 2.62. The van der Waals surface area contributed by atoms with Crippen LogP contribution in [0, 0.1) is 0 Å². The highest BCUT2D eigenvalue weighted by atomic mass is 32.2. The van der Waals surface area contributed by atoms with Gasteiger partial charge in [-0.05, 0) is 55.0 Å². The van der Waals surface area contributed by atoms with Crippen LogP contribution >= 0.6 is 23.5 Å². The van der Waals surface area contributed by atoms with Crippen LogP contribution in [0.1, 0.15) is 13.3 Å². The van der Waals surface area contributed by atoms with Crippen molar-refractivity contribution in [2.75, 3.05) is 14.2 Å². The molecule has 0 unspecified atom stereocenters. The van der Waals surface area contributed by atoms with Gasteiger partial charge in [-0.3, -0.25) is 0 Å². The standard InChI is InChI=1S/C18H20O3S2/c1-4-18(13-19,22-16-9-5-14(20-2)6-10-16)23-17-11-7-15(21-3)8-12-17/h5-13H,4H2,1-3H3. The molecule has 0 amide bonds. The molecule has 0 aliphatic carbocycles. The molecule has 0 spiro atoms. The molecule has 23 heavy (non-hydrogen) atoms. The zero-order valence-corrected chi connectivity index (χ0v) is 15.1. The Kier molecular flexibility index (Phi) is 6.42. The smallest absolute Gasteiger partial charge is 0.146 e. The lowest BCUT2D eigenvalue weighted by Gasteiger charge is -2.25. The van der Waals surface area contributed by atoms with Crippen molar-refractivity contribution < 1.29 is 14.3 Å². The molecule has 0 N–H and O–H groups in total. The van der Waals surface area contributed by atoms with Crippen molar-refractivity contribution >= 4 is 29.8 Å². The highest BCUT2D eigenvalue weighted by molar-refractivity contribution is 8.19. The van der Waals surface area contributed by atoms with Gasteiger partial charge in [0.25, 0.3) is 0 Å². The molecule has 0 saturated carbocycles. The van der Waals surface area contributed by atoms with Gasteiger partial charge in [-0.1, -0.05) is 6.92 Å². The van der Waals surface area contributed by atoms with Crippen LogP contribution in [-0.2, 0) is 4.79 Å². The van der Waals surface area contributed by atoms with Crippen LogP contribution in [0.25, 0.3) is 0 Å². The van der Waals surface area contributed by atoms with Gasteiger partial charge >= 0.3 is 0 Å². The number of carbonyl (C=O) groups is 1. The third-order valence-electron chi connectivity index (χ3n) is 3.37. The second-order valence-electron chi connectivity index (χ2n) is 4.84. The normalized spacial score (nSPS) is 11.1. The molecule has 0 bridgehead atoms. The van der Waals surface area contributed by atoms with Gasteiger partial charge in [0, 0.05) is 9.79 Å². The topological polar surface area (TPSA) is 35.5 Å². The summed E-state index contributed by atoms with van der Waals surface area (Å²) >= 11 is 3.14. The number of benzene rings is 2. The van der Waals surface area contributed by atoms with Gasteiger partial charge in [0.1, 0.15) is 21.9 Å². The van der Waals surface area contributed by atoms with Gasteiger partial charge in [-0.2, -0.15) is 0 Å². The third-order valence-corrected chi connectivity index (χ3v) is 6.35. The predicted molar refractivity (Wildman–Crippen MR) is 96.8 cm³/mol. The molecular weight excluding hydrogens is 328 g/mol. The summed E-state index contributed by atoms with van der Waals surface area (Å²) in [5.74, 6) is 1.62. The molecule has 2 rings (SSSR count). The second-order valence-corrected chi connectivity index (χ2v) is 7.90. The van der Waals surface area contributed by atoms with E-state index in [-0.39, 0.29) is 0 Å². The summed E-state index contributed by atoms with van der Waals surface area (Å²) in [7, 11) is 3.28. The van der Waals surface area contributed by atoms with Gasteiger partial charge in [-0.25, -0.2) is 0 Å². The van der Waals surface area contributed by atoms with E-state index >= 15 is 0 Å². The van der Waals surface area contributed by atoms with E-state index in [0.717, 1.165) is 34.0 Å². The van der Waals surface area contributed by atoms with E-state index in [2.05, 4.69) is 0 Å². The average molecular weight is 348 g/mol. The van der Waals surface area contributed by atoms with Crippen molar-refractivity contribution in [1.82, 2.24) is 0 Å². The molecular formula is C18H20O3S2. The summed E-state index contributed by atoms with van der Waals surface area (Å²) in [5.41, 5.74) is 0. The quantitative estimate of drug-likeness (QED) is 0.385. The maximum Gasteiger partial charge on any atom is 0.146 e. The molecule has 0 atom stereocenters. The summed E-state index contributed by atoms with van der Waals surface area (Å²) in [5, 5.41) is 0. The van der Waals surface area contributed by atoms with Crippen LogP contribution in [0.4, 0.5) is 0 Å². The Morgan fingerprint density at radius 3 is 1.52 bits per heavy atom. The van der Waals surface area contributed by atoms with E-state index in [9.17, 15) is 4.79 Å². The Hall–Kier alpha value is -1.59. The first kappa shape index (κ1) is 17.8. The molecule has 2 aromatic rings. The van der Waals surface area contributed by atoms with Crippen molar-refractivity contribution in [3.8, 4) is 11.5 Å². The number of carbonyl (C=O) groups excluding carboxylic acids is 1. The Bertz CT molecular complexity index is 574. The van der Waals surface area contributed by atoms with Crippen LogP contribution in [0.15, 0.2) is 58.3 Å². The number of ether oxygens (including phenoxy) is 2. The highest BCUT2D eigenvalue weighted by Crippen LogP contribution is 2.46. The Labute approximate surface area is 145 Å². The zero-order chi connectivity index (χ0) is 16.7. The molecule has 0 radical (unpaired) electrons. The van der Waals surface area contributed by atoms with Gasteiger partial charge in [-0.15, -0.1) is 23.5 Å². The fourth-order valence-electron chi connectivity index (χ4n) is 1.98. The van der Waals surface area contributed by atoms with Gasteiger partial charge in [0.2, 0.25) is 0 Å². The number of rotatable bonds is 8. The van der Waals surface area contributed by atoms with Crippen molar-refractivity contribution in [3.05, 3.63) is 48.5 Å². The SMILES string of the molecule is CCC(C=O)(Sc1ccc(OC)cc1)Sc1ccc(OC)cc1. The lowest BCUT2D eigenvalue weighted by atomic mass is 10.3. The Morgan fingerprint density at radius 2 is 1.26 bits per heavy atom. The summed E-state index contributed by atoms with van der Waals surface area (Å²) in [4.78, 5) is 13.9. The highest BCUT2D eigenvalue weighted by Gasteiger charge is 2.30. The molecule has 0 heterocycles. The lowest BCUT2D eigenvalue weighted by Crippen LogP contribution is -2.20. The molecule has 0 fully saturated rings. The largest absolute Gasteiger partial charge is 0.497 e. The fourth-order valence-corrected chi connectivity index (χ4v) is 4.45. The first-order valence-corrected chi connectivity index (χ1v) is 8.90. The Morgan fingerprint density at radius 1 is 0.870 bits per heavy atom. The van der Waals surface area contributed by atoms with E-state index in [0.29, 0.717) is 0 Å². The van der Waals surface area contributed by atoms with Crippen molar-refractivity contribution in [3.63, 3.8) is 0 Å². The third kappa shape index (κ3) is 4.69. The lowest BCUT2D eigenvalue weighted by molar-refractivity contribution is -0.108. The van der Waals surface area contributed by atoms with Crippen molar-refractivity contribution in [2.24, 2.45) is 0 Å². The zero-order valence-electron chi connectivity index (χ0n) is 13.4. The number of methoxy groups -OCH3 is 2. The van der Waals surface area contributed by atoms with Crippen LogP contribution in [-0.4, -0.2) is 24.6 Å². The monoisotopic (exact) mass is 348 g/mol. The minimum absolute atomic E-state index is 0.552. The minimum atomic E-state index is -0.552. The molecule has 122 valence electrons. The summed E-state index contributed by atoms with van der Waals surface area (Å²) in [6.07, 6.45) is 1.76. The molecule has 5 heteroatoms. The number of aldehydes is 1. The predicted octanol–water partition coefficient (Wildman–Crippen LogP) is 4.89. The van der Waals surface area contributed by atoms with Crippen LogP contribution in [0.2, 0.25) is 0 Å².